The van der Waals surface area contributed by atoms with Crippen molar-refractivity contribution in [1.82, 2.24) is 4.90 Å². The molecule has 0 unspecified atom stereocenters. The minimum absolute atomic E-state index is 0.0364. The average molecular weight is 280 g/mol. The van der Waals surface area contributed by atoms with E-state index in [1.165, 1.54) is 0 Å². The monoisotopic (exact) mass is 280 g/mol. The van der Waals surface area contributed by atoms with Crippen LogP contribution in [0.15, 0.2) is 18.2 Å². The maximum absolute atomic E-state index is 12.6. The van der Waals surface area contributed by atoms with Crippen LogP contribution in [0, 0.1) is 0 Å². The van der Waals surface area contributed by atoms with E-state index >= 15 is 0 Å². The molecule has 0 atom stereocenters. The van der Waals surface area contributed by atoms with Gasteiger partial charge in [0.2, 0.25) is 0 Å². The molecule has 1 rings (SSSR count). The van der Waals surface area contributed by atoms with E-state index in [1.54, 1.807) is 37.3 Å². The first-order chi connectivity index (χ1) is 9.53. The van der Waals surface area contributed by atoms with Gasteiger partial charge >= 0.3 is 0 Å². The van der Waals surface area contributed by atoms with Gasteiger partial charge in [-0.2, -0.15) is 0 Å². The van der Waals surface area contributed by atoms with Gasteiger partial charge in [-0.25, -0.2) is 0 Å². The third-order valence-electron chi connectivity index (χ3n) is 3.09. The molecule has 5 nitrogen and oxygen atoms in total. The van der Waals surface area contributed by atoms with Gasteiger partial charge in [-0.15, -0.1) is 0 Å². The zero-order valence-electron chi connectivity index (χ0n) is 12.7. The van der Waals surface area contributed by atoms with Crippen LogP contribution < -0.4 is 15.2 Å². The molecule has 0 spiro atoms. The highest BCUT2D eigenvalue weighted by atomic mass is 16.5. The van der Waals surface area contributed by atoms with Crippen molar-refractivity contribution in [2.75, 3.05) is 27.3 Å². The van der Waals surface area contributed by atoms with E-state index in [4.69, 9.17) is 15.2 Å². The lowest BCUT2D eigenvalue weighted by atomic mass is 10.1. The third-order valence-corrected chi connectivity index (χ3v) is 3.09. The number of methoxy groups -OCH3 is 2. The summed E-state index contributed by atoms with van der Waals surface area (Å²) in [6, 6.07) is 5.31. The van der Waals surface area contributed by atoms with Crippen molar-refractivity contribution >= 4 is 5.91 Å². The van der Waals surface area contributed by atoms with Crippen molar-refractivity contribution in [3.05, 3.63) is 23.8 Å². The molecule has 0 saturated carbocycles. The third kappa shape index (κ3) is 4.13. The molecule has 0 aliphatic rings. The first-order valence-electron chi connectivity index (χ1n) is 6.77. The molecule has 1 aromatic rings. The molecule has 20 heavy (non-hydrogen) atoms. The highest BCUT2D eigenvalue weighted by Gasteiger charge is 2.19. The largest absolute Gasteiger partial charge is 0.497 e. The van der Waals surface area contributed by atoms with Crippen LogP contribution in [-0.2, 0) is 0 Å². The zero-order chi connectivity index (χ0) is 15.1. The average Bonchev–Trinajstić information content (AvgIpc) is 2.46. The SMILES string of the molecule is COc1cc(OC)cc(C(=O)N(CCCN)C(C)C)c1. The second-order valence-electron chi connectivity index (χ2n) is 4.84. The summed E-state index contributed by atoms with van der Waals surface area (Å²) in [5.41, 5.74) is 6.09. The Morgan fingerprint density at radius 3 is 2.15 bits per heavy atom. The van der Waals surface area contributed by atoms with E-state index in [2.05, 4.69) is 0 Å². The van der Waals surface area contributed by atoms with Gasteiger partial charge in [-0.1, -0.05) is 0 Å². The maximum atomic E-state index is 12.6. The molecule has 0 aliphatic carbocycles. The van der Waals surface area contributed by atoms with Crippen molar-refractivity contribution in [1.29, 1.82) is 0 Å². The normalized spacial score (nSPS) is 10.5. The van der Waals surface area contributed by atoms with Gasteiger partial charge in [0, 0.05) is 24.2 Å². The van der Waals surface area contributed by atoms with Crippen LogP contribution in [0.3, 0.4) is 0 Å². The number of nitrogens with two attached hydrogens (primary N) is 1. The predicted molar refractivity (Wildman–Crippen MR) is 79.4 cm³/mol. The van der Waals surface area contributed by atoms with Crippen molar-refractivity contribution < 1.29 is 14.3 Å². The zero-order valence-corrected chi connectivity index (χ0v) is 12.7. The molecule has 2 N–H and O–H groups in total. The molecular formula is C15H24N2O3. The summed E-state index contributed by atoms with van der Waals surface area (Å²) in [4.78, 5) is 14.4. The Balaban J connectivity index is 3.04. The molecule has 0 bridgehead atoms. The van der Waals surface area contributed by atoms with Gasteiger partial charge in [0.25, 0.3) is 5.91 Å². The van der Waals surface area contributed by atoms with Gasteiger partial charge < -0.3 is 20.1 Å². The lowest BCUT2D eigenvalue weighted by Gasteiger charge is -2.27. The summed E-state index contributed by atoms with van der Waals surface area (Å²) < 4.78 is 10.4. The number of hydrogen-bond donors (Lipinski definition) is 1. The van der Waals surface area contributed by atoms with Crippen LogP contribution in [0.1, 0.15) is 30.6 Å². The lowest BCUT2D eigenvalue weighted by molar-refractivity contribution is 0.0704. The van der Waals surface area contributed by atoms with E-state index in [0.717, 1.165) is 6.42 Å². The Morgan fingerprint density at radius 1 is 1.20 bits per heavy atom. The molecule has 0 saturated heterocycles. The topological polar surface area (TPSA) is 64.8 Å². The van der Waals surface area contributed by atoms with Crippen LogP contribution in [-0.4, -0.2) is 44.2 Å². The minimum Gasteiger partial charge on any atom is -0.497 e. The maximum Gasteiger partial charge on any atom is 0.254 e. The molecule has 0 fully saturated rings. The summed E-state index contributed by atoms with van der Waals surface area (Å²) in [5.74, 6) is 1.18. The molecule has 1 aromatic carbocycles. The fourth-order valence-corrected chi connectivity index (χ4v) is 1.95. The Kier molecular flexibility index (Phi) is 6.31. The molecule has 0 radical (unpaired) electrons. The lowest BCUT2D eigenvalue weighted by Crippen LogP contribution is -2.38. The van der Waals surface area contributed by atoms with Crippen molar-refractivity contribution in [2.45, 2.75) is 26.3 Å². The molecule has 0 aliphatic heterocycles. The van der Waals surface area contributed by atoms with E-state index in [0.29, 0.717) is 30.2 Å². The number of carbonyl (C=O) groups is 1. The van der Waals surface area contributed by atoms with Gasteiger partial charge in [0.05, 0.1) is 14.2 Å². The van der Waals surface area contributed by atoms with E-state index in [1.807, 2.05) is 13.8 Å². The van der Waals surface area contributed by atoms with Crippen LogP contribution in [0.4, 0.5) is 0 Å². The quantitative estimate of drug-likeness (QED) is 0.828. The number of rotatable bonds is 7. The standard InChI is InChI=1S/C15H24N2O3/c1-11(2)17(7-5-6-16)15(18)12-8-13(19-3)10-14(9-12)20-4/h8-11H,5-7,16H2,1-4H3. The van der Waals surface area contributed by atoms with Crippen LogP contribution in [0.5, 0.6) is 11.5 Å². The summed E-state index contributed by atoms with van der Waals surface area (Å²) in [7, 11) is 3.13. The van der Waals surface area contributed by atoms with Crippen molar-refractivity contribution in [2.24, 2.45) is 5.73 Å². The number of nitrogens with zero attached hydrogens (tertiary/aromatic N) is 1. The Morgan fingerprint density at radius 2 is 1.75 bits per heavy atom. The molecular weight excluding hydrogens is 256 g/mol. The second-order valence-corrected chi connectivity index (χ2v) is 4.84. The first kappa shape index (κ1) is 16.3. The minimum atomic E-state index is -0.0364. The Labute approximate surface area is 120 Å². The van der Waals surface area contributed by atoms with Crippen molar-refractivity contribution in [3.8, 4) is 11.5 Å². The van der Waals surface area contributed by atoms with E-state index in [-0.39, 0.29) is 11.9 Å². The van der Waals surface area contributed by atoms with Crippen LogP contribution >= 0.6 is 0 Å². The van der Waals surface area contributed by atoms with Gasteiger partial charge in [-0.3, -0.25) is 4.79 Å². The molecule has 1 amide bonds. The number of ether oxygens (including phenoxy) is 2. The highest BCUT2D eigenvalue weighted by molar-refractivity contribution is 5.95. The smallest absolute Gasteiger partial charge is 0.254 e. The summed E-state index contributed by atoms with van der Waals surface area (Å²) in [6.07, 6.45) is 0.783. The molecule has 112 valence electrons. The summed E-state index contributed by atoms with van der Waals surface area (Å²) >= 11 is 0. The number of amides is 1. The molecule has 0 heterocycles. The van der Waals surface area contributed by atoms with Crippen LogP contribution in [0.2, 0.25) is 0 Å². The van der Waals surface area contributed by atoms with Gasteiger partial charge in [0.15, 0.2) is 0 Å². The Hall–Kier alpha value is -1.75. The fraction of sp³-hybridized carbons (Fsp3) is 0.533. The fourth-order valence-electron chi connectivity index (χ4n) is 1.95. The number of carbonyl (C=O) groups excluding carboxylic acids is 1. The van der Waals surface area contributed by atoms with E-state index in [9.17, 15) is 4.79 Å². The predicted octanol–water partition coefficient (Wildman–Crippen LogP) is 1.90. The number of hydrogen-bond acceptors (Lipinski definition) is 4. The van der Waals surface area contributed by atoms with E-state index < -0.39 is 0 Å². The van der Waals surface area contributed by atoms with Crippen LogP contribution in [0.25, 0.3) is 0 Å². The highest BCUT2D eigenvalue weighted by Crippen LogP contribution is 2.24. The molecule has 0 aromatic heterocycles. The van der Waals surface area contributed by atoms with Gasteiger partial charge in [-0.05, 0) is 38.9 Å². The summed E-state index contributed by atoms with van der Waals surface area (Å²) in [6.45, 7) is 5.20. The van der Waals surface area contributed by atoms with Gasteiger partial charge in [0.1, 0.15) is 11.5 Å². The molecule has 5 heteroatoms. The summed E-state index contributed by atoms with van der Waals surface area (Å²) in [5, 5.41) is 0. The number of benzene rings is 1. The van der Waals surface area contributed by atoms with Crippen molar-refractivity contribution in [3.63, 3.8) is 0 Å². The first-order valence-corrected chi connectivity index (χ1v) is 6.77. The second kappa shape index (κ2) is 7.75. The Bertz CT molecular complexity index is 424.